The molecule has 3 heterocycles. The third-order valence-corrected chi connectivity index (χ3v) is 5.06. The number of pyridine rings is 1. The van der Waals surface area contributed by atoms with Gasteiger partial charge < -0.3 is 5.32 Å². The van der Waals surface area contributed by atoms with Crippen molar-refractivity contribution in [1.82, 2.24) is 29.9 Å². The van der Waals surface area contributed by atoms with E-state index in [9.17, 15) is 14.4 Å². The maximum atomic E-state index is 12.3. The highest BCUT2D eigenvalue weighted by Crippen LogP contribution is 2.16. The Balaban J connectivity index is 1.38. The average Bonchev–Trinajstić information content (AvgIpc) is 2.76. The van der Waals surface area contributed by atoms with Gasteiger partial charge in [0.1, 0.15) is 6.54 Å². The van der Waals surface area contributed by atoms with Crippen LogP contribution < -0.4 is 16.4 Å². The number of nitrogens with one attached hydrogen (secondary N) is 1. The summed E-state index contributed by atoms with van der Waals surface area (Å²) in [7, 11) is 0. The van der Waals surface area contributed by atoms with Gasteiger partial charge in [-0.05, 0) is 49.4 Å². The molecule has 1 N–H and O–H groups in total. The average molecular weight is 406 g/mol. The Kier molecular flexibility index (Phi) is 5.78. The molecule has 0 saturated carbocycles. The Hall–Kier alpha value is -3.62. The van der Waals surface area contributed by atoms with Crippen LogP contribution >= 0.6 is 0 Å². The standard InChI is InChI=1S/C21H22N6O3/c28-19(14-27-20(29)6-5-18(25-27)15-7-9-22-10-8-15)23-11-12-26-21(30)13-16-3-1-2-4-17(16)24-26/h5-10,13H,1-4,11-12,14H2,(H,23,28). The fourth-order valence-electron chi connectivity index (χ4n) is 3.49. The van der Waals surface area contributed by atoms with E-state index >= 15 is 0 Å². The fourth-order valence-corrected chi connectivity index (χ4v) is 3.49. The van der Waals surface area contributed by atoms with Gasteiger partial charge in [-0.3, -0.25) is 19.4 Å². The van der Waals surface area contributed by atoms with Crippen LogP contribution in [0.4, 0.5) is 0 Å². The molecule has 1 aliphatic rings. The maximum absolute atomic E-state index is 12.3. The first-order valence-electron chi connectivity index (χ1n) is 9.95. The van der Waals surface area contributed by atoms with Crippen molar-refractivity contribution in [1.29, 1.82) is 0 Å². The van der Waals surface area contributed by atoms with Gasteiger partial charge in [-0.25, -0.2) is 9.36 Å². The lowest BCUT2D eigenvalue weighted by Crippen LogP contribution is -2.37. The van der Waals surface area contributed by atoms with Gasteiger partial charge in [-0.15, -0.1) is 0 Å². The summed E-state index contributed by atoms with van der Waals surface area (Å²) in [5, 5.41) is 11.4. The number of aryl methyl sites for hydroxylation is 2. The van der Waals surface area contributed by atoms with Crippen molar-refractivity contribution in [3.8, 4) is 11.3 Å². The summed E-state index contributed by atoms with van der Waals surface area (Å²) in [6, 6.07) is 8.20. The lowest BCUT2D eigenvalue weighted by Gasteiger charge is -2.16. The first-order valence-corrected chi connectivity index (χ1v) is 9.95. The molecular weight excluding hydrogens is 384 g/mol. The molecule has 0 aromatic carbocycles. The summed E-state index contributed by atoms with van der Waals surface area (Å²) < 4.78 is 2.51. The topological polar surface area (TPSA) is 112 Å². The second-order valence-corrected chi connectivity index (χ2v) is 7.19. The highest BCUT2D eigenvalue weighted by molar-refractivity contribution is 5.75. The van der Waals surface area contributed by atoms with E-state index in [1.165, 1.54) is 10.7 Å². The van der Waals surface area contributed by atoms with Crippen LogP contribution in [0.5, 0.6) is 0 Å². The zero-order chi connectivity index (χ0) is 20.9. The monoisotopic (exact) mass is 406 g/mol. The van der Waals surface area contributed by atoms with E-state index in [2.05, 4.69) is 20.5 Å². The van der Waals surface area contributed by atoms with Gasteiger partial charge in [-0.2, -0.15) is 10.2 Å². The molecule has 0 unspecified atom stereocenters. The first kappa shape index (κ1) is 19.7. The number of rotatable bonds is 6. The number of aromatic nitrogens is 5. The minimum absolute atomic E-state index is 0.159. The second-order valence-electron chi connectivity index (χ2n) is 7.19. The molecule has 9 heteroatoms. The third kappa shape index (κ3) is 4.51. The highest BCUT2D eigenvalue weighted by Gasteiger charge is 2.13. The molecule has 4 rings (SSSR count). The van der Waals surface area contributed by atoms with Crippen LogP contribution in [0.25, 0.3) is 11.3 Å². The predicted octanol–water partition coefficient (Wildman–Crippen LogP) is 0.557. The maximum Gasteiger partial charge on any atom is 0.267 e. The van der Waals surface area contributed by atoms with E-state index < -0.39 is 0 Å². The lowest BCUT2D eigenvalue weighted by molar-refractivity contribution is -0.121. The summed E-state index contributed by atoms with van der Waals surface area (Å²) in [6.07, 6.45) is 7.21. The van der Waals surface area contributed by atoms with Gasteiger partial charge in [0.25, 0.3) is 11.1 Å². The van der Waals surface area contributed by atoms with E-state index in [0.717, 1.165) is 47.2 Å². The summed E-state index contributed by atoms with van der Waals surface area (Å²) >= 11 is 0. The van der Waals surface area contributed by atoms with E-state index in [1.54, 1.807) is 36.7 Å². The van der Waals surface area contributed by atoms with E-state index in [-0.39, 0.29) is 36.7 Å². The largest absolute Gasteiger partial charge is 0.353 e. The van der Waals surface area contributed by atoms with Crippen LogP contribution in [0.2, 0.25) is 0 Å². The SMILES string of the molecule is O=C(Cn1nc(-c2ccncc2)ccc1=O)NCCn1nc2c(cc1=O)CCCC2. The van der Waals surface area contributed by atoms with Crippen LogP contribution in [0.3, 0.4) is 0 Å². The molecule has 30 heavy (non-hydrogen) atoms. The zero-order valence-corrected chi connectivity index (χ0v) is 16.5. The van der Waals surface area contributed by atoms with Crippen LogP contribution in [0.15, 0.2) is 52.3 Å². The van der Waals surface area contributed by atoms with Crippen molar-refractivity contribution in [3.63, 3.8) is 0 Å². The number of carbonyl (C=O) groups is 1. The normalized spacial score (nSPS) is 12.9. The molecule has 1 amide bonds. The van der Waals surface area contributed by atoms with Gasteiger partial charge in [0.15, 0.2) is 0 Å². The predicted molar refractivity (Wildman–Crippen MR) is 110 cm³/mol. The Morgan fingerprint density at radius 2 is 1.77 bits per heavy atom. The number of nitrogens with zero attached hydrogens (tertiary/aromatic N) is 5. The van der Waals surface area contributed by atoms with Crippen LogP contribution in [0.1, 0.15) is 24.1 Å². The molecule has 0 saturated heterocycles. The van der Waals surface area contributed by atoms with Crippen LogP contribution in [0, 0.1) is 0 Å². The molecule has 0 radical (unpaired) electrons. The van der Waals surface area contributed by atoms with E-state index in [0.29, 0.717) is 5.69 Å². The quantitative estimate of drug-likeness (QED) is 0.640. The highest BCUT2D eigenvalue weighted by atomic mass is 16.2. The van der Waals surface area contributed by atoms with Crippen molar-refractivity contribution < 1.29 is 4.79 Å². The number of carbonyl (C=O) groups excluding carboxylic acids is 1. The van der Waals surface area contributed by atoms with Crippen molar-refractivity contribution >= 4 is 5.91 Å². The van der Waals surface area contributed by atoms with Crippen molar-refractivity contribution in [2.75, 3.05) is 6.54 Å². The van der Waals surface area contributed by atoms with E-state index in [4.69, 9.17) is 0 Å². The molecule has 0 bridgehead atoms. The summed E-state index contributed by atoms with van der Waals surface area (Å²) in [4.78, 5) is 40.5. The number of hydrogen-bond donors (Lipinski definition) is 1. The molecule has 0 atom stereocenters. The number of amides is 1. The second kappa shape index (κ2) is 8.81. The minimum atomic E-state index is -0.365. The Bertz CT molecular complexity index is 1170. The Labute approximate surface area is 172 Å². The van der Waals surface area contributed by atoms with Crippen molar-refractivity contribution in [2.45, 2.75) is 38.8 Å². The molecular formula is C21H22N6O3. The third-order valence-electron chi connectivity index (χ3n) is 5.06. The van der Waals surface area contributed by atoms with E-state index in [1.807, 2.05) is 0 Å². The van der Waals surface area contributed by atoms with Gasteiger partial charge in [0.2, 0.25) is 5.91 Å². The molecule has 1 aliphatic carbocycles. The van der Waals surface area contributed by atoms with Crippen molar-refractivity contribution in [3.05, 3.63) is 74.7 Å². The van der Waals surface area contributed by atoms with Crippen molar-refractivity contribution in [2.24, 2.45) is 0 Å². The van der Waals surface area contributed by atoms with Crippen LogP contribution in [-0.2, 0) is 30.7 Å². The Morgan fingerprint density at radius 3 is 2.60 bits per heavy atom. The summed E-state index contributed by atoms with van der Waals surface area (Å²) in [5.41, 5.74) is 2.86. The van der Waals surface area contributed by atoms with Gasteiger partial charge >= 0.3 is 0 Å². The summed E-state index contributed by atoms with van der Waals surface area (Å²) in [6.45, 7) is 0.310. The summed E-state index contributed by atoms with van der Waals surface area (Å²) in [5.74, 6) is -0.359. The lowest BCUT2D eigenvalue weighted by atomic mass is 9.97. The molecule has 154 valence electrons. The number of hydrogen-bond acceptors (Lipinski definition) is 6. The number of fused-ring (bicyclic) bond motifs is 1. The van der Waals surface area contributed by atoms with Gasteiger partial charge in [0.05, 0.1) is 17.9 Å². The molecule has 3 aromatic rings. The minimum Gasteiger partial charge on any atom is -0.353 e. The Morgan fingerprint density at radius 1 is 0.967 bits per heavy atom. The first-order chi connectivity index (χ1) is 14.6. The molecule has 0 fully saturated rings. The molecule has 9 nitrogen and oxygen atoms in total. The zero-order valence-electron chi connectivity index (χ0n) is 16.5. The fraction of sp³-hybridized carbons (Fsp3) is 0.333. The molecule has 3 aromatic heterocycles. The molecule has 0 spiro atoms. The van der Waals surface area contributed by atoms with Crippen LogP contribution in [-0.4, -0.2) is 37.0 Å². The smallest absolute Gasteiger partial charge is 0.267 e. The van der Waals surface area contributed by atoms with Gasteiger partial charge in [0, 0.05) is 36.6 Å². The molecule has 0 aliphatic heterocycles. The van der Waals surface area contributed by atoms with Gasteiger partial charge in [-0.1, -0.05) is 0 Å².